The Morgan fingerprint density at radius 3 is 2.70 bits per heavy atom. The minimum atomic E-state index is -3.65. The molecule has 1 aromatic carbocycles. The Morgan fingerprint density at radius 2 is 2.15 bits per heavy atom. The summed E-state index contributed by atoms with van der Waals surface area (Å²) in [5.74, 6) is -0.252. The van der Waals surface area contributed by atoms with Crippen molar-refractivity contribution in [3.05, 3.63) is 29.8 Å². The fourth-order valence-electron chi connectivity index (χ4n) is 1.92. The number of aliphatic hydroxyl groups is 1. The van der Waals surface area contributed by atoms with E-state index in [1.165, 1.54) is 17.0 Å². The molecule has 0 heterocycles. The van der Waals surface area contributed by atoms with Gasteiger partial charge in [-0.15, -0.1) is 0 Å². The van der Waals surface area contributed by atoms with Crippen LogP contribution in [-0.4, -0.2) is 51.1 Å². The van der Waals surface area contributed by atoms with Crippen LogP contribution in [0.15, 0.2) is 29.2 Å². The third-order valence-corrected chi connectivity index (χ3v) is 4.75. The van der Waals surface area contributed by atoms with E-state index in [1.807, 2.05) is 0 Å². The van der Waals surface area contributed by atoms with Gasteiger partial charge in [0.15, 0.2) is 0 Å². The van der Waals surface area contributed by atoms with E-state index >= 15 is 0 Å². The molecule has 1 fully saturated rings. The Bertz CT molecular complexity index is 613. The lowest BCUT2D eigenvalue weighted by Crippen LogP contribution is -2.28. The van der Waals surface area contributed by atoms with Gasteiger partial charge < -0.3 is 10.0 Å². The van der Waals surface area contributed by atoms with Crippen LogP contribution < -0.4 is 4.72 Å². The fourth-order valence-corrected chi connectivity index (χ4v) is 3.28. The molecule has 1 aromatic rings. The molecule has 7 heteroatoms. The number of benzene rings is 1. The number of carbonyl (C=O) groups is 1. The highest BCUT2D eigenvalue weighted by Crippen LogP contribution is 2.31. The quantitative estimate of drug-likeness (QED) is 0.804. The van der Waals surface area contributed by atoms with E-state index < -0.39 is 10.0 Å². The zero-order valence-corrected chi connectivity index (χ0v) is 12.2. The maximum atomic E-state index is 12.2. The molecule has 20 heavy (non-hydrogen) atoms. The van der Waals surface area contributed by atoms with Crippen LogP contribution in [0.4, 0.5) is 0 Å². The van der Waals surface area contributed by atoms with Gasteiger partial charge in [0.25, 0.3) is 5.91 Å². The number of sulfonamides is 1. The molecule has 2 N–H and O–H groups in total. The third kappa shape index (κ3) is 3.17. The Kier molecular flexibility index (Phi) is 4.12. The van der Waals surface area contributed by atoms with E-state index in [9.17, 15) is 13.2 Å². The summed E-state index contributed by atoms with van der Waals surface area (Å²) in [6.07, 6.45) is 0.645. The summed E-state index contributed by atoms with van der Waals surface area (Å²) in [5.41, 5.74) is 0.326. The monoisotopic (exact) mass is 298 g/mol. The van der Waals surface area contributed by atoms with Crippen molar-refractivity contribution in [2.24, 2.45) is 5.92 Å². The van der Waals surface area contributed by atoms with Crippen molar-refractivity contribution in [3.63, 3.8) is 0 Å². The first-order chi connectivity index (χ1) is 9.35. The van der Waals surface area contributed by atoms with E-state index in [0.717, 1.165) is 0 Å². The average Bonchev–Trinajstić information content (AvgIpc) is 3.15. The molecule has 1 aliphatic rings. The van der Waals surface area contributed by atoms with Crippen molar-refractivity contribution >= 4 is 15.9 Å². The molecule has 0 spiro atoms. The van der Waals surface area contributed by atoms with Gasteiger partial charge in [0.2, 0.25) is 10.0 Å². The molecule has 1 aliphatic carbocycles. The fraction of sp³-hybridized carbons (Fsp3) is 0.462. The van der Waals surface area contributed by atoms with Gasteiger partial charge >= 0.3 is 0 Å². The number of amides is 1. The molecule has 0 radical (unpaired) electrons. The normalized spacial score (nSPS) is 21.6. The summed E-state index contributed by atoms with van der Waals surface area (Å²) < 4.78 is 26.9. The zero-order chi connectivity index (χ0) is 14.9. The van der Waals surface area contributed by atoms with Crippen LogP contribution in [0.25, 0.3) is 0 Å². The highest BCUT2D eigenvalue weighted by Gasteiger charge is 2.39. The van der Waals surface area contributed by atoms with Crippen LogP contribution >= 0.6 is 0 Å². The second kappa shape index (κ2) is 5.51. The van der Waals surface area contributed by atoms with Crippen molar-refractivity contribution in [1.29, 1.82) is 0 Å². The van der Waals surface area contributed by atoms with Gasteiger partial charge in [-0.05, 0) is 30.5 Å². The molecule has 0 saturated heterocycles. The molecule has 110 valence electrons. The molecule has 0 aromatic heterocycles. The van der Waals surface area contributed by atoms with E-state index in [2.05, 4.69) is 4.72 Å². The van der Waals surface area contributed by atoms with Crippen molar-refractivity contribution in [2.45, 2.75) is 17.4 Å². The summed E-state index contributed by atoms with van der Waals surface area (Å²) in [4.78, 5) is 13.3. The average molecular weight is 298 g/mol. The number of aliphatic hydroxyl groups excluding tert-OH is 1. The van der Waals surface area contributed by atoms with E-state index in [0.29, 0.717) is 12.0 Å². The highest BCUT2D eigenvalue weighted by atomic mass is 32.2. The van der Waals surface area contributed by atoms with E-state index in [-0.39, 0.29) is 29.4 Å². The number of rotatable bonds is 5. The predicted octanol–water partition coefficient (Wildman–Crippen LogP) is 0.0475. The van der Waals surface area contributed by atoms with Crippen LogP contribution in [0.2, 0.25) is 0 Å². The van der Waals surface area contributed by atoms with Gasteiger partial charge in [-0.2, -0.15) is 0 Å². The topological polar surface area (TPSA) is 86.7 Å². The summed E-state index contributed by atoms with van der Waals surface area (Å²) in [6, 6.07) is 5.72. The van der Waals surface area contributed by atoms with Crippen LogP contribution in [-0.2, 0) is 10.0 Å². The molecule has 1 amide bonds. The minimum absolute atomic E-state index is 0.00337. The van der Waals surface area contributed by atoms with Gasteiger partial charge in [0.05, 0.1) is 4.90 Å². The maximum absolute atomic E-state index is 12.2. The van der Waals surface area contributed by atoms with Gasteiger partial charge in [0, 0.05) is 32.3 Å². The summed E-state index contributed by atoms with van der Waals surface area (Å²) >= 11 is 0. The SMILES string of the molecule is CN(C)C(=O)c1cccc(S(=O)(=O)N[C@H]2C[C@@H]2CO)c1. The molecule has 1 saturated carbocycles. The van der Waals surface area contributed by atoms with Crippen LogP contribution in [0.1, 0.15) is 16.8 Å². The van der Waals surface area contributed by atoms with Crippen molar-refractivity contribution < 1.29 is 18.3 Å². The number of hydrogen-bond donors (Lipinski definition) is 2. The number of carbonyl (C=O) groups excluding carboxylic acids is 1. The molecule has 0 unspecified atom stereocenters. The van der Waals surface area contributed by atoms with Crippen molar-refractivity contribution in [1.82, 2.24) is 9.62 Å². The predicted molar refractivity (Wildman–Crippen MR) is 73.8 cm³/mol. The summed E-state index contributed by atoms with van der Waals surface area (Å²) in [7, 11) is -0.436. The van der Waals surface area contributed by atoms with Crippen molar-refractivity contribution in [3.8, 4) is 0 Å². The molecule has 6 nitrogen and oxygen atoms in total. The second-order valence-corrected chi connectivity index (χ2v) is 6.85. The maximum Gasteiger partial charge on any atom is 0.253 e. The first-order valence-corrected chi connectivity index (χ1v) is 7.78. The van der Waals surface area contributed by atoms with E-state index in [4.69, 9.17) is 5.11 Å². The second-order valence-electron chi connectivity index (χ2n) is 5.13. The van der Waals surface area contributed by atoms with Crippen LogP contribution in [0.3, 0.4) is 0 Å². The van der Waals surface area contributed by atoms with Crippen molar-refractivity contribution in [2.75, 3.05) is 20.7 Å². The highest BCUT2D eigenvalue weighted by molar-refractivity contribution is 7.89. The smallest absolute Gasteiger partial charge is 0.253 e. The van der Waals surface area contributed by atoms with Crippen LogP contribution in [0.5, 0.6) is 0 Å². The summed E-state index contributed by atoms with van der Waals surface area (Å²) in [6.45, 7) is -0.0215. The lowest BCUT2D eigenvalue weighted by molar-refractivity contribution is 0.0827. The largest absolute Gasteiger partial charge is 0.396 e. The Balaban J connectivity index is 2.20. The minimum Gasteiger partial charge on any atom is -0.396 e. The number of nitrogens with zero attached hydrogens (tertiary/aromatic N) is 1. The zero-order valence-electron chi connectivity index (χ0n) is 11.4. The lowest BCUT2D eigenvalue weighted by atomic mass is 10.2. The van der Waals surface area contributed by atoms with Crippen LogP contribution in [0, 0.1) is 5.92 Å². The lowest BCUT2D eigenvalue weighted by Gasteiger charge is -2.11. The third-order valence-electron chi connectivity index (χ3n) is 3.26. The van der Waals surface area contributed by atoms with Gasteiger partial charge in [-0.3, -0.25) is 4.79 Å². The Hall–Kier alpha value is -1.44. The molecule has 0 bridgehead atoms. The first kappa shape index (κ1) is 15.0. The summed E-state index contributed by atoms with van der Waals surface area (Å²) in [5, 5.41) is 8.94. The first-order valence-electron chi connectivity index (χ1n) is 6.30. The van der Waals surface area contributed by atoms with Gasteiger partial charge in [-0.1, -0.05) is 6.07 Å². The molecule has 0 aliphatic heterocycles. The standard InChI is InChI=1S/C13H18N2O4S/c1-15(2)13(17)9-4-3-5-11(6-9)20(18,19)14-12-7-10(12)8-16/h3-6,10,12,14,16H,7-8H2,1-2H3/t10-,12+/m1/s1. The Morgan fingerprint density at radius 1 is 1.45 bits per heavy atom. The van der Waals surface area contributed by atoms with Gasteiger partial charge in [0.1, 0.15) is 0 Å². The molecular weight excluding hydrogens is 280 g/mol. The molecule has 2 atom stereocenters. The number of nitrogens with one attached hydrogen (secondary N) is 1. The molecule has 2 rings (SSSR count). The Labute approximate surface area is 118 Å². The van der Waals surface area contributed by atoms with E-state index in [1.54, 1.807) is 26.2 Å². The molecular formula is C13H18N2O4S. The van der Waals surface area contributed by atoms with Gasteiger partial charge in [-0.25, -0.2) is 13.1 Å². The number of hydrogen-bond acceptors (Lipinski definition) is 4.